The number of aliphatic carboxylic acids is 1. The number of carbonyl (C=O) groups is 1. The van der Waals surface area contributed by atoms with Crippen LogP contribution < -0.4 is 0 Å². The van der Waals surface area contributed by atoms with Crippen LogP contribution in [0.3, 0.4) is 0 Å². The Kier molecular flexibility index (Phi) is 5.37. The fourth-order valence-corrected chi connectivity index (χ4v) is 3.10. The number of nitrogens with zero attached hydrogens (tertiary/aromatic N) is 1. The Morgan fingerprint density at radius 1 is 1.29 bits per heavy atom. The average Bonchev–Trinajstić information content (AvgIpc) is 2.48. The van der Waals surface area contributed by atoms with Crippen LogP contribution >= 0.6 is 0 Å². The Balaban J connectivity index is 1.91. The van der Waals surface area contributed by atoms with E-state index >= 15 is 0 Å². The third-order valence-electron chi connectivity index (χ3n) is 4.48. The largest absolute Gasteiger partial charge is 0.481 e. The van der Waals surface area contributed by atoms with Gasteiger partial charge in [0.1, 0.15) is 0 Å². The molecule has 1 aliphatic rings. The molecule has 116 valence electrons. The van der Waals surface area contributed by atoms with Crippen molar-refractivity contribution < 1.29 is 15.0 Å². The second-order valence-electron chi connectivity index (χ2n) is 6.13. The summed E-state index contributed by atoms with van der Waals surface area (Å²) >= 11 is 0. The van der Waals surface area contributed by atoms with Crippen LogP contribution in [-0.2, 0) is 11.3 Å². The fraction of sp³-hybridized carbons (Fsp3) is 0.588. The maximum Gasteiger partial charge on any atom is 0.306 e. The van der Waals surface area contributed by atoms with E-state index in [1.165, 1.54) is 5.56 Å². The normalized spacial score (nSPS) is 26.0. The molecule has 1 fully saturated rings. The van der Waals surface area contributed by atoms with E-state index in [0.29, 0.717) is 32.2 Å². The molecular weight excluding hydrogens is 266 g/mol. The number of benzene rings is 1. The topological polar surface area (TPSA) is 60.8 Å². The van der Waals surface area contributed by atoms with Gasteiger partial charge in [0, 0.05) is 13.1 Å². The van der Waals surface area contributed by atoms with Crippen molar-refractivity contribution in [2.45, 2.75) is 44.8 Å². The molecule has 0 aromatic heterocycles. The van der Waals surface area contributed by atoms with Gasteiger partial charge in [0.05, 0.1) is 11.5 Å². The minimum atomic E-state index is -0.739. The summed E-state index contributed by atoms with van der Waals surface area (Å²) < 4.78 is 0. The third kappa shape index (κ3) is 4.55. The molecule has 1 aromatic rings. The second-order valence-corrected chi connectivity index (χ2v) is 6.13. The number of carboxylic acid groups (broad SMARTS) is 1. The van der Waals surface area contributed by atoms with Gasteiger partial charge in [0.25, 0.3) is 0 Å². The van der Waals surface area contributed by atoms with Crippen LogP contribution in [0.1, 0.15) is 38.2 Å². The molecule has 0 bridgehead atoms. The van der Waals surface area contributed by atoms with Crippen molar-refractivity contribution in [2.75, 3.05) is 13.1 Å². The first-order valence-corrected chi connectivity index (χ1v) is 7.74. The lowest BCUT2D eigenvalue weighted by Gasteiger charge is -2.38. The van der Waals surface area contributed by atoms with Crippen molar-refractivity contribution in [3.8, 4) is 0 Å². The molecule has 0 radical (unpaired) electrons. The zero-order chi connectivity index (χ0) is 15.3. The lowest BCUT2D eigenvalue weighted by Crippen LogP contribution is -2.46. The SMILES string of the molecule is CCN(Cc1ccccc1)CC1(O)CCC(C(=O)O)CC1. The molecule has 1 aromatic carbocycles. The van der Waals surface area contributed by atoms with Gasteiger partial charge in [0.15, 0.2) is 0 Å². The van der Waals surface area contributed by atoms with Gasteiger partial charge >= 0.3 is 5.97 Å². The molecule has 4 heteroatoms. The first-order valence-electron chi connectivity index (χ1n) is 7.74. The number of carboxylic acids is 1. The lowest BCUT2D eigenvalue weighted by atomic mass is 9.78. The highest BCUT2D eigenvalue weighted by Crippen LogP contribution is 2.33. The predicted molar refractivity (Wildman–Crippen MR) is 81.9 cm³/mol. The fourth-order valence-electron chi connectivity index (χ4n) is 3.10. The van der Waals surface area contributed by atoms with Crippen molar-refractivity contribution in [1.82, 2.24) is 4.90 Å². The summed E-state index contributed by atoms with van der Waals surface area (Å²) in [7, 11) is 0. The van der Waals surface area contributed by atoms with Crippen LogP contribution in [0.5, 0.6) is 0 Å². The first kappa shape index (κ1) is 16.0. The third-order valence-corrected chi connectivity index (χ3v) is 4.48. The van der Waals surface area contributed by atoms with Crippen molar-refractivity contribution in [2.24, 2.45) is 5.92 Å². The molecule has 21 heavy (non-hydrogen) atoms. The summed E-state index contributed by atoms with van der Waals surface area (Å²) in [5.41, 5.74) is 0.499. The molecule has 0 saturated heterocycles. The highest BCUT2D eigenvalue weighted by molar-refractivity contribution is 5.70. The molecule has 0 spiro atoms. The second kappa shape index (κ2) is 7.05. The molecule has 1 saturated carbocycles. The summed E-state index contributed by atoms with van der Waals surface area (Å²) in [6, 6.07) is 10.2. The van der Waals surface area contributed by atoms with Gasteiger partial charge in [-0.1, -0.05) is 37.3 Å². The van der Waals surface area contributed by atoms with Crippen LogP contribution in [0.15, 0.2) is 30.3 Å². The maximum absolute atomic E-state index is 11.0. The number of aliphatic hydroxyl groups is 1. The summed E-state index contributed by atoms with van der Waals surface area (Å²) in [5, 5.41) is 19.8. The smallest absolute Gasteiger partial charge is 0.306 e. The summed E-state index contributed by atoms with van der Waals surface area (Å²) in [6.45, 7) is 4.40. The van der Waals surface area contributed by atoms with Crippen molar-refractivity contribution in [3.05, 3.63) is 35.9 Å². The van der Waals surface area contributed by atoms with E-state index < -0.39 is 11.6 Å². The highest BCUT2D eigenvalue weighted by Gasteiger charge is 2.36. The van der Waals surface area contributed by atoms with E-state index in [1.807, 2.05) is 18.2 Å². The molecule has 0 aliphatic heterocycles. The summed E-state index contributed by atoms with van der Waals surface area (Å²) in [4.78, 5) is 13.2. The van der Waals surface area contributed by atoms with E-state index in [4.69, 9.17) is 5.11 Å². The van der Waals surface area contributed by atoms with E-state index in [0.717, 1.165) is 13.1 Å². The Bertz CT molecular complexity index is 452. The van der Waals surface area contributed by atoms with Crippen molar-refractivity contribution >= 4 is 5.97 Å². The van der Waals surface area contributed by atoms with Crippen LogP contribution in [0.25, 0.3) is 0 Å². The monoisotopic (exact) mass is 291 g/mol. The van der Waals surface area contributed by atoms with Gasteiger partial charge in [-0.2, -0.15) is 0 Å². The highest BCUT2D eigenvalue weighted by atomic mass is 16.4. The molecule has 0 amide bonds. The van der Waals surface area contributed by atoms with Gasteiger partial charge in [-0.3, -0.25) is 9.69 Å². The van der Waals surface area contributed by atoms with Crippen LogP contribution in [0, 0.1) is 5.92 Å². The first-order chi connectivity index (χ1) is 10.0. The molecular formula is C17H25NO3. The maximum atomic E-state index is 11.0. The molecule has 0 unspecified atom stereocenters. The zero-order valence-corrected chi connectivity index (χ0v) is 12.7. The van der Waals surface area contributed by atoms with Gasteiger partial charge in [0.2, 0.25) is 0 Å². The van der Waals surface area contributed by atoms with E-state index in [1.54, 1.807) is 0 Å². The minimum absolute atomic E-state index is 0.283. The molecule has 2 N–H and O–H groups in total. The van der Waals surface area contributed by atoms with Gasteiger partial charge in [-0.05, 0) is 37.8 Å². The summed E-state index contributed by atoms with van der Waals surface area (Å²) in [6.07, 6.45) is 2.31. The molecule has 4 nitrogen and oxygen atoms in total. The Morgan fingerprint density at radius 2 is 1.90 bits per heavy atom. The van der Waals surface area contributed by atoms with Crippen molar-refractivity contribution in [1.29, 1.82) is 0 Å². The van der Waals surface area contributed by atoms with Crippen LogP contribution in [-0.4, -0.2) is 39.8 Å². The quantitative estimate of drug-likeness (QED) is 0.845. The zero-order valence-electron chi connectivity index (χ0n) is 12.7. The predicted octanol–water partition coefficient (Wildman–Crippen LogP) is 2.51. The molecule has 0 heterocycles. The van der Waals surface area contributed by atoms with Gasteiger partial charge in [-0.15, -0.1) is 0 Å². The van der Waals surface area contributed by atoms with Crippen LogP contribution in [0.4, 0.5) is 0 Å². The standard InChI is InChI=1S/C17H25NO3/c1-2-18(12-14-6-4-3-5-7-14)13-17(21)10-8-15(9-11-17)16(19)20/h3-7,15,21H,2,8-13H2,1H3,(H,19,20). The Hall–Kier alpha value is -1.39. The van der Waals surface area contributed by atoms with Crippen molar-refractivity contribution in [3.63, 3.8) is 0 Å². The summed E-state index contributed by atoms with van der Waals surface area (Å²) in [5.74, 6) is -1.01. The minimum Gasteiger partial charge on any atom is -0.481 e. The number of likely N-dealkylation sites (N-methyl/N-ethyl adjacent to an activating group) is 1. The molecule has 0 atom stereocenters. The Labute approximate surface area is 126 Å². The number of rotatable bonds is 6. The van der Waals surface area contributed by atoms with Gasteiger partial charge < -0.3 is 10.2 Å². The average molecular weight is 291 g/mol. The molecule has 1 aliphatic carbocycles. The van der Waals surface area contributed by atoms with Gasteiger partial charge in [-0.25, -0.2) is 0 Å². The number of hydrogen-bond donors (Lipinski definition) is 2. The van der Waals surface area contributed by atoms with E-state index in [9.17, 15) is 9.90 Å². The van der Waals surface area contributed by atoms with E-state index in [-0.39, 0.29) is 5.92 Å². The van der Waals surface area contributed by atoms with E-state index in [2.05, 4.69) is 24.0 Å². The molecule has 2 rings (SSSR count). The van der Waals surface area contributed by atoms with Crippen LogP contribution in [0.2, 0.25) is 0 Å². The Morgan fingerprint density at radius 3 is 2.43 bits per heavy atom. The lowest BCUT2D eigenvalue weighted by molar-refractivity contribution is -0.145. The number of hydrogen-bond acceptors (Lipinski definition) is 3.